The first-order valence-corrected chi connectivity index (χ1v) is 6.69. The molecular weight excluding hydrogens is 336 g/mol. The van der Waals surface area contributed by atoms with Crippen LogP contribution in [0.15, 0.2) is 6.07 Å². The average molecular weight is 350 g/mol. The summed E-state index contributed by atoms with van der Waals surface area (Å²) in [6.07, 6.45) is 0. The SMILES string of the molecule is CC(=O)NCCN(C(=O)c1cc(F)c(F)c(F)c1F)C(C)C(=O)O. The topological polar surface area (TPSA) is 86.7 Å². The standard InChI is InChI=1S/C14H14F4N2O4/c1-6(14(23)24)20(4-3-19-7(2)21)13(22)8-5-9(15)11(17)12(18)10(8)16/h5-6H,3-4H2,1-2H3,(H,19,21)(H,23,24). The van der Waals surface area contributed by atoms with Gasteiger partial charge in [0.05, 0.1) is 5.56 Å². The molecule has 2 amide bonds. The molecule has 0 aromatic heterocycles. The highest BCUT2D eigenvalue weighted by atomic mass is 19.2. The van der Waals surface area contributed by atoms with Gasteiger partial charge in [0.1, 0.15) is 6.04 Å². The molecular formula is C14H14F4N2O4. The Morgan fingerprint density at radius 1 is 1.17 bits per heavy atom. The second kappa shape index (κ2) is 7.75. The van der Waals surface area contributed by atoms with Crippen molar-refractivity contribution in [1.82, 2.24) is 10.2 Å². The minimum absolute atomic E-state index is 0.149. The summed E-state index contributed by atoms with van der Waals surface area (Å²) in [4.78, 5) is 34.7. The highest BCUT2D eigenvalue weighted by molar-refractivity contribution is 5.96. The molecule has 0 aliphatic rings. The average Bonchev–Trinajstić information content (AvgIpc) is 2.51. The van der Waals surface area contributed by atoms with Gasteiger partial charge < -0.3 is 15.3 Å². The van der Waals surface area contributed by atoms with Gasteiger partial charge in [-0.05, 0) is 13.0 Å². The largest absolute Gasteiger partial charge is 0.480 e. The van der Waals surface area contributed by atoms with Crippen molar-refractivity contribution in [1.29, 1.82) is 0 Å². The van der Waals surface area contributed by atoms with Crippen molar-refractivity contribution in [2.75, 3.05) is 13.1 Å². The second-order valence-corrected chi connectivity index (χ2v) is 4.84. The van der Waals surface area contributed by atoms with Crippen LogP contribution in [0.5, 0.6) is 0 Å². The van der Waals surface area contributed by atoms with Gasteiger partial charge in [0.25, 0.3) is 5.91 Å². The highest BCUT2D eigenvalue weighted by Gasteiger charge is 2.31. The molecule has 0 aliphatic carbocycles. The van der Waals surface area contributed by atoms with E-state index in [1.54, 1.807) is 0 Å². The molecule has 1 aromatic carbocycles. The van der Waals surface area contributed by atoms with E-state index in [0.29, 0.717) is 4.90 Å². The maximum absolute atomic E-state index is 13.7. The van der Waals surface area contributed by atoms with E-state index < -0.39 is 52.7 Å². The van der Waals surface area contributed by atoms with E-state index in [1.807, 2.05) is 0 Å². The smallest absolute Gasteiger partial charge is 0.326 e. The molecule has 1 aromatic rings. The molecule has 0 radical (unpaired) electrons. The zero-order valence-electron chi connectivity index (χ0n) is 12.7. The number of nitrogens with one attached hydrogen (secondary N) is 1. The van der Waals surface area contributed by atoms with E-state index in [2.05, 4.69) is 5.32 Å². The zero-order chi connectivity index (χ0) is 18.6. The van der Waals surface area contributed by atoms with E-state index in [-0.39, 0.29) is 19.2 Å². The molecule has 0 aliphatic heterocycles. The molecule has 10 heteroatoms. The molecule has 0 saturated carbocycles. The summed E-state index contributed by atoms with van der Waals surface area (Å²) in [7, 11) is 0. The molecule has 24 heavy (non-hydrogen) atoms. The third kappa shape index (κ3) is 4.21. The number of carboxylic acids is 1. The Kier molecular flexibility index (Phi) is 6.27. The summed E-state index contributed by atoms with van der Waals surface area (Å²) in [5, 5.41) is 11.3. The van der Waals surface area contributed by atoms with Gasteiger partial charge in [-0.2, -0.15) is 0 Å². The molecule has 1 rings (SSSR count). The third-order valence-electron chi connectivity index (χ3n) is 3.15. The highest BCUT2D eigenvalue weighted by Crippen LogP contribution is 2.21. The molecule has 0 fully saturated rings. The van der Waals surface area contributed by atoms with Crippen LogP contribution in [0.4, 0.5) is 17.6 Å². The van der Waals surface area contributed by atoms with Crippen LogP contribution in [0.2, 0.25) is 0 Å². The number of halogens is 4. The number of benzene rings is 1. The summed E-state index contributed by atoms with van der Waals surface area (Å²) >= 11 is 0. The molecule has 0 saturated heterocycles. The van der Waals surface area contributed by atoms with Crippen LogP contribution in [0.3, 0.4) is 0 Å². The zero-order valence-corrected chi connectivity index (χ0v) is 12.7. The van der Waals surface area contributed by atoms with Gasteiger partial charge in [-0.1, -0.05) is 0 Å². The number of hydrogen-bond donors (Lipinski definition) is 2. The molecule has 6 nitrogen and oxygen atoms in total. The van der Waals surface area contributed by atoms with Gasteiger partial charge in [-0.15, -0.1) is 0 Å². The van der Waals surface area contributed by atoms with Crippen LogP contribution in [-0.4, -0.2) is 46.9 Å². The van der Waals surface area contributed by atoms with Crippen molar-refractivity contribution in [2.24, 2.45) is 0 Å². The number of aliphatic carboxylic acids is 1. The molecule has 1 unspecified atom stereocenters. The van der Waals surface area contributed by atoms with Crippen LogP contribution in [0.1, 0.15) is 24.2 Å². The number of carbonyl (C=O) groups excluding carboxylic acids is 2. The quantitative estimate of drug-likeness (QED) is 0.460. The minimum atomic E-state index is -2.18. The number of rotatable bonds is 6. The molecule has 0 bridgehead atoms. The van der Waals surface area contributed by atoms with Gasteiger partial charge >= 0.3 is 5.97 Å². The Morgan fingerprint density at radius 2 is 1.75 bits per heavy atom. The van der Waals surface area contributed by atoms with Crippen molar-refractivity contribution < 1.29 is 37.1 Å². The predicted octanol–water partition coefficient (Wildman–Crippen LogP) is 1.29. The van der Waals surface area contributed by atoms with Crippen LogP contribution in [0, 0.1) is 23.3 Å². The molecule has 1 atom stereocenters. The lowest BCUT2D eigenvalue weighted by Crippen LogP contribution is -2.47. The maximum atomic E-state index is 13.7. The van der Waals surface area contributed by atoms with Crippen molar-refractivity contribution in [3.8, 4) is 0 Å². The van der Waals surface area contributed by atoms with Gasteiger partial charge in [-0.3, -0.25) is 9.59 Å². The van der Waals surface area contributed by atoms with Gasteiger partial charge in [0, 0.05) is 20.0 Å². The minimum Gasteiger partial charge on any atom is -0.480 e. The second-order valence-electron chi connectivity index (χ2n) is 4.84. The number of amides is 2. The fourth-order valence-electron chi connectivity index (χ4n) is 1.84. The fourth-order valence-corrected chi connectivity index (χ4v) is 1.84. The lowest BCUT2D eigenvalue weighted by Gasteiger charge is -2.27. The summed E-state index contributed by atoms with van der Waals surface area (Å²) in [6, 6.07) is -1.34. The Hall–Kier alpha value is -2.65. The monoisotopic (exact) mass is 350 g/mol. The molecule has 2 N–H and O–H groups in total. The van der Waals surface area contributed by atoms with Crippen molar-refractivity contribution in [3.63, 3.8) is 0 Å². The Morgan fingerprint density at radius 3 is 2.25 bits per heavy atom. The number of carbonyl (C=O) groups is 3. The first-order chi connectivity index (χ1) is 11.1. The fraction of sp³-hybridized carbons (Fsp3) is 0.357. The van der Waals surface area contributed by atoms with Crippen LogP contribution < -0.4 is 5.32 Å². The number of nitrogens with zero attached hydrogens (tertiary/aromatic N) is 1. The summed E-state index contributed by atoms with van der Waals surface area (Å²) in [5.41, 5.74) is -1.15. The Bertz CT molecular complexity index is 681. The Labute approximate surface area is 134 Å². The lowest BCUT2D eigenvalue weighted by molar-refractivity contribution is -0.141. The first kappa shape index (κ1) is 19.4. The summed E-state index contributed by atoms with van der Waals surface area (Å²) in [6.45, 7) is 1.72. The predicted molar refractivity (Wildman–Crippen MR) is 73.1 cm³/mol. The van der Waals surface area contributed by atoms with Gasteiger partial charge in [0.2, 0.25) is 5.91 Å². The normalized spacial score (nSPS) is 11.8. The maximum Gasteiger partial charge on any atom is 0.326 e. The third-order valence-corrected chi connectivity index (χ3v) is 3.15. The molecule has 132 valence electrons. The first-order valence-electron chi connectivity index (χ1n) is 6.69. The van der Waals surface area contributed by atoms with Crippen molar-refractivity contribution in [2.45, 2.75) is 19.9 Å². The van der Waals surface area contributed by atoms with E-state index in [0.717, 1.165) is 6.92 Å². The van der Waals surface area contributed by atoms with E-state index >= 15 is 0 Å². The number of hydrogen-bond acceptors (Lipinski definition) is 3. The summed E-state index contributed by atoms with van der Waals surface area (Å²) < 4.78 is 53.2. The summed E-state index contributed by atoms with van der Waals surface area (Å²) in [5.74, 6) is -11.3. The van der Waals surface area contributed by atoms with Crippen molar-refractivity contribution in [3.05, 3.63) is 34.9 Å². The van der Waals surface area contributed by atoms with Crippen molar-refractivity contribution >= 4 is 17.8 Å². The van der Waals surface area contributed by atoms with Crippen LogP contribution in [0.25, 0.3) is 0 Å². The van der Waals surface area contributed by atoms with Crippen LogP contribution >= 0.6 is 0 Å². The van der Waals surface area contributed by atoms with E-state index in [1.165, 1.54) is 6.92 Å². The molecule has 0 spiro atoms. The molecule has 0 heterocycles. The lowest BCUT2D eigenvalue weighted by atomic mass is 10.1. The number of carboxylic acid groups (broad SMARTS) is 1. The van der Waals surface area contributed by atoms with E-state index in [9.17, 15) is 31.9 Å². The van der Waals surface area contributed by atoms with Crippen LogP contribution in [-0.2, 0) is 9.59 Å². The van der Waals surface area contributed by atoms with E-state index in [4.69, 9.17) is 5.11 Å². The Balaban J connectivity index is 3.20. The van der Waals surface area contributed by atoms with Gasteiger partial charge in [-0.25, -0.2) is 22.4 Å². The van der Waals surface area contributed by atoms with Gasteiger partial charge in [0.15, 0.2) is 23.3 Å².